The summed E-state index contributed by atoms with van der Waals surface area (Å²) in [5.41, 5.74) is 5.82. The lowest BCUT2D eigenvalue weighted by Crippen LogP contribution is -2.33. The van der Waals surface area contributed by atoms with Gasteiger partial charge in [0.1, 0.15) is 6.10 Å². The fourth-order valence-electron chi connectivity index (χ4n) is 3.28. The predicted molar refractivity (Wildman–Crippen MR) is 94.2 cm³/mol. The minimum absolute atomic E-state index is 0.232. The zero-order valence-corrected chi connectivity index (χ0v) is 15.0. The van der Waals surface area contributed by atoms with E-state index >= 15 is 0 Å². The van der Waals surface area contributed by atoms with E-state index in [4.69, 9.17) is 10.5 Å². The van der Waals surface area contributed by atoms with Gasteiger partial charge in [0.2, 0.25) is 0 Å². The molecular weight excluding hydrogens is 290 g/mol. The van der Waals surface area contributed by atoms with Gasteiger partial charge >= 0.3 is 5.97 Å². The topological polar surface area (TPSA) is 72.5 Å². The second-order valence-electron chi connectivity index (χ2n) is 7.11. The van der Waals surface area contributed by atoms with Crippen molar-refractivity contribution in [1.82, 2.24) is 0 Å². The Bertz CT molecular complexity index is 309. The lowest BCUT2D eigenvalue weighted by atomic mass is 10.00. The van der Waals surface area contributed by atoms with Crippen LogP contribution in [0.1, 0.15) is 96.8 Å². The molecule has 0 bridgehead atoms. The van der Waals surface area contributed by atoms with Crippen molar-refractivity contribution in [3.8, 4) is 0 Å². The molecule has 1 rings (SSSR count). The molecule has 3 unspecified atom stereocenters. The van der Waals surface area contributed by atoms with Crippen LogP contribution in [0.3, 0.4) is 0 Å². The molecule has 0 saturated carbocycles. The zero-order valence-electron chi connectivity index (χ0n) is 15.0. The smallest absolute Gasteiger partial charge is 0.307 e. The Morgan fingerprint density at radius 3 is 2.04 bits per heavy atom. The monoisotopic (exact) mass is 327 g/mol. The fourth-order valence-corrected chi connectivity index (χ4v) is 3.28. The van der Waals surface area contributed by atoms with Crippen LogP contribution in [-0.4, -0.2) is 29.3 Å². The van der Waals surface area contributed by atoms with Gasteiger partial charge in [0.15, 0.2) is 0 Å². The summed E-state index contributed by atoms with van der Waals surface area (Å²) < 4.78 is 5.13. The molecule has 0 radical (unpaired) electrons. The van der Waals surface area contributed by atoms with E-state index in [1.54, 1.807) is 0 Å². The summed E-state index contributed by atoms with van der Waals surface area (Å²) in [4.78, 5) is 11.1. The van der Waals surface area contributed by atoms with Crippen LogP contribution < -0.4 is 5.73 Å². The highest BCUT2D eigenvalue weighted by Crippen LogP contribution is 2.20. The van der Waals surface area contributed by atoms with Gasteiger partial charge in [-0.15, -0.1) is 0 Å². The van der Waals surface area contributed by atoms with Crippen molar-refractivity contribution in [3.05, 3.63) is 0 Å². The molecule has 4 heteroatoms. The minimum atomic E-state index is -0.393. The molecule has 1 fully saturated rings. The molecule has 0 aliphatic carbocycles. The van der Waals surface area contributed by atoms with Gasteiger partial charge in [0.05, 0.1) is 18.6 Å². The fraction of sp³-hybridized carbons (Fsp3) is 0.947. The molecule has 4 nitrogen and oxygen atoms in total. The van der Waals surface area contributed by atoms with Crippen molar-refractivity contribution in [3.63, 3.8) is 0 Å². The molecule has 1 aliphatic rings. The number of esters is 1. The molecule has 0 aromatic carbocycles. The number of carbonyl (C=O) groups is 1. The quantitative estimate of drug-likeness (QED) is 0.372. The van der Waals surface area contributed by atoms with Gasteiger partial charge < -0.3 is 15.6 Å². The molecule has 3 atom stereocenters. The summed E-state index contributed by atoms with van der Waals surface area (Å²) in [6.45, 7) is 2.26. The van der Waals surface area contributed by atoms with Gasteiger partial charge in [-0.3, -0.25) is 4.79 Å². The van der Waals surface area contributed by atoms with E-state index in [0.717, 1.165) is 12.8 Å². The lowest BCUT2D eigenvalue weighted by molar-refractivity contribution is -0.142. The summed E-state index contributed by atoms with van der Waals surface area (Å²) in [5, 5.41) is 10.0. The number of carbonyl (C=O) groups excluding carboxylic acids is 1. The SMILES string of the molecule is CCCCCCCCCCCCCC(O)CC1OC(=O)CC1N. The van der Waals surface area contributed by atoms with Crippen molar-refractivity contribution >= 4 is 5.97 Å². The summed E-state index contributed by atoms with van der Waals surface area (Å²) in [5.74, 6) is -0.232. The highest BCUT2D eigenvalue weighted by atomic mass is 16.6. The molecule has 136 valence electrons. The molecule has 1 aliphatic heterocycles. The van der Waals surface area contributed by atoms with Crippen LogP contribution in [-0.2, 0) is 9.53 Å². The average Bonchev–Trinajstić information content (AvgIpc) is 2.82. The largest absolute Gasteiger partial charge is 0.461 e. The van der Waals surface area contributed by atoms with Crippen molar-refractivity contribution in [2.45, 2.75) is 115 Å². The highest BCUT2D eigenvalue weighted by molar-refractivity contribution is 5.72. The number of unbranched alkanes of at least 4 members (excludes halogenated alkanes) is 10. The first-order valence-electron chi connectivity index (χ1n) is 9.76. The Morgan fingerprint density at radius 2 is 1.57 bits per heavy atom. The number of hydrogen-bond donors (Lipinski definition) is 2. The van der Waals surface area contributed by atoms with Crippen LogP contribution in [0.5, 0.6) is 0 Å². The summed E-state index contributed by atoms with van der Waals surface area (Å²) in [6, 6.07) is -0.241. The van der Waals surface area contributed by atoms with Gasteiger partial charge in [0.25, 0.3) is 0 Å². The zero-order chi connectivity index (χ0) is 16.9. The van der Waals surface area contributed by atoms with E-state index in [0.29, 0.717) is 6.42 Å². The van der Waals surface area contributed by atoms with E-state index in [1.807, 2.05) is 0 Å². The van der Waals surface area contributed by atoms with Crippen molar-refractivity contribution in [1.29, 1.82) is 0 Å². The van der Waals surface area contributed by atoms with Gasteiger partial charge in [0, 0.05) is 6.42 Å². The Balaban J connectivity index is 1.86. The molecule has 0 spiro atoms. The van der Waals surface area contributed by atoms with Crippen molar-refractivity contribution < 1.29 is 14.6 Å². The maximum absolute atomic E-state index is 11.1. The number of rotatable bonds is 14. The van der Waals surface area contributed by atoms with Gasteiger partial charge in [-0.2, -0.15) is 0 Å². The van der Waals surface area contributed by atoms with Crippen LogP contribution in [0, 0.1) is 0 Å². The van der Waals surface area contributed by atoms with Gasteiger partial charge in [-0.1, -0.05) is 77.6 Å². The van der Waals surface area contributed by atoms with Crippen LogP contribution >= 0.6 is 0 Å². The summed E-state index contributed by atoms with van der Waals surface area (Å²) in [6.07, 6.45) is 15.3. The van der Waals surface area contributed by atoms with Crippen LogP contribution in [0.15, 0.2) is 0 Å². The molecule has 0 aromatic heterocycles. The predicted octanol–water partition coefficient (Wildman–Crippen LogP) is 4.08. The molecular formula is C19H37NO3. The molecule has 1 saturated heterocycles. The first kappa shape index (κ1) is 20.4. The Morgan fingerprint density at radius 1 is 1.04 bits per heavy atom. The summed E-state index contributed by atoms with van der Waals surface area (Å²) in [7, 11) is 0. The molecule has 23 heavy (non-hydrogen) atoms. The first-order valence-corrected chi connectivity index (χ1v) is 9.76. The van der Waals surface area contributed by atoms with E-state index < -0.39 is 6.10 Å². The third-order valence-electron chi connectivity index (χ3n) is 4.81. The molecule has 1 heterocycles. The van der Waals surface area contributed by atoms with E-state index in [2.05, 4.69) is 6.92 Å². The molecule has 3 N–H and O–H groups in total. The Hall–Kier alpha value is -0.610. The van der Waals surface area contributed by atoms with E-state index in [1.165, 1.54) is 64.2 Å². The normalized spacial score (nSPS) is 22.3. The number of aliphatic hydroxyl groups excluding tert-OH is 1. The standard InChI is InChI=1S/C19H37NO3/c1-2-3-4-5-6-7-8-9-10-11-12-13-16(21)14-18-17(20)15-19(22)23-18/h16-18,21H,2-15,20H2,1H3. The number of aliphatic hydroxyl groups is 1. The third kappa shape index (κ3) is 9.98. The van der Waals surface area contributed by atoms with Crippen LogP contribution in [0.4, 0.5) is 0 Å². The second kappa shape index (κ2) is 12.8. The van der Waals surface area contributed by atoms with Crippen LogP contribution in [0.2, 0.25) is 0 Å². The van der Waals surface area contributed by atoms with Crippen molar-refractivity contribution in [2.75, 3.05) is 0 Å². The Labute approximate surface area is 142 Å². The lowest BCUT2D eigenvalue weighted by Gasteiger charge is -2.17. The summed E-state index contributed by atoms with van der Waals surface area (Å²) >= 11 is 0. The minimum Gasteiger partial charge on any atom is -0.461 e. The maximum Gasteiger partial charge on any atom is 0.307 e. The third-order valence-corrected chi connectivity index (χ3v) is 4.81. The average molecular weight is 328 g/mol. The van der Waals surface area contributed by atoms with Gasteiger partial charge in [-0.05, 0) is 6.42 Å². The molecule has 0 aromatic rings. The number of ether oxygens (including phenoxy) is 1. The number of cyclic esters (lactones) is 1. The maximum atomic E-state index is 11.1. The van der Waals surface area contributed by atoms with E-state index in [-0.39, 0.29) is 24.5 Å². The second-order valence-corrected chi connectivity index (χ2v) is 7.11. The van der Waals surface area contributed by atoms with Gasteiger partial charge in [-0.25, -0.2) is 0 Å². The van der Waals surface area contributed by atoms with Crippen molar-refractivity contribution in [2.24, 2.45) is 5.73 Å². The van der Waals surface area contributed by atoms with E-state index in [9.17, 15) is 9.90 Å². The molecule has 0 amide bonds. The Kier molecular flexibility index (Phi) is 11.3. The number of nitrogens with two attached hydrogens (primary N) is 1. The number of hydrogen-bond acceptors (Lipinski definition) is 4. The highest BCUT2D eigenvalue weighted by Gasteiger charge is 2.33. The van der Waals surface area contributed by atoms with Crippen LogP contribution in [0.25, 0.3) is 0 Å². The first-order chi connectivity index (χ1) is 11.1.